The van der Waals surface area contributed by atoms with Gasteiger partial charge < -0.3 is 25.4 Å². The van der Waals surface area contributed by atoms with Crippen molar-refractivity contribution in [3.8, 4) is 11.5 Å². The standard InChI is InChI=1S/C14H14N4O4/c1-20-12-7-9(8-17-18-14(15)16)4-5-10(12)22-13(19)11-3-2-6-21-11/h2-8H,1H3,(H4,15,16,18). The molecule has 0 bridgehead atoms. The molecule has 1 aromatic heterocycles. The zero-order chi connectivity index (χ0) is 15.9. The van der Waals surface area contributed by atoms with Crippen molar-refractivity contribution in [1.82, 2.24) is 0 Å². The second-order valence-corrected chi connectivity index (χ2v) is 4.05. The maximum absolute atomic E-state index is 11.8. The molecule has 1 aromatic carbocycles. The summed E-state index contributed by atoms with van der Waals surface area (Å²) in [7, 11) is 1.45. The first-order chi connectivity index (χ1) is 10.6. The van der Waals surface area contributed by atoms with E-state index in [4.69, 9.17) is 25.4 Å². The summed E-state index contributed by atoms with van der Waals surface area (Å²) in [4.78, 5) is 11.8. The number of carbonyl (C=O) groups excluding carboxylic acids is 1. The summed E-state index contributed by atoms with van der Waals surface area (Å²) in [6.45, 7) is 0. The number of methoxy groups -OCH3 is 1. The molecular formula is C14H14N4O4. The maximum atomic E-state index is 11.8. The highest BCUT2D eigenvalue weighted by Crippen LogP contribution is 2.28. The summed E-state index contributed by atoms with van der Waals surface area (Å²) in [6, 6.07) is 7.95. The fourth-order valence-electron chi connectivity index (χ4n) is 1.56. The Balaban J connectivity index is 2.17. The third-order valence-corrected chi connectivity index (χ3v) is 2.49. The third kappa shape index (κ3) is 3.85. The monoisotopic (exact) mass is 302 g/mol. The van der Waals surface area contributed by atoms with E-state index in [2.05, 4.69) is 10.2 Å². The normalized spacial score (nSPS) is 10.4. The summed E-state index contributed by atoms with van der Waals surface area (Å²) in [5, 5.41) is 7.17. The SMILES string of the molecule is COc1cc(C=NN=C(N)N)ccc1OC(=O)c1ccco1. The quantitative estimate of drug-likeness (QED) is 0.280. The van der Waals surface area contributed by atoms with Crippen LogP contribution in [0.5, 0.6) is 11.5 Å². The average molecular weight is 302 g/mol. The first kappa shape index (κ1) is 15.1. The molecule has 0 unspecified atom stereocenters. The molecule has 2 rings (SSSR count). The van der Waals surface area contributed by atoms with Gasteiger partial charge in [-0.05, 0) is 35.9 Å². The first-order valence-electron chi connectivity index (χ1n) is 6.16. The van der Waals surface area contributed by atoms with Crippen molar-refractivity contribution in [2.24, 2.45) is 21.7 Å². The van der Waals surface area contributed by atoms with Crippen LogP contribution in [0.25, 0.3) is 0 Å². The molecule has 4 N–H and O–H groups in total. The van der Waals surface area contributed by atoms with Gasteiger partial charge in [0.05, 0.1) is 19.6 Å². The molecule has 0 spiro atoms. The van der Waals surface area contributed by atoms with E-state index in [1.54, 1.807) is 24.3 Å². The van der Waals surface area contributed by atoms with Gasteiger partial charge in [-0.15, -0.1) is 5.10 Å². The lowest BCUT2D eigenvalue weighted by atomic mass is 10.2. The molecule has 2 aromatic rings. The molecule has 1 heterocycles. The number of benzene rings is 1. The minimum absolute atomic E-state index is 0.0976. The van der Waals surface area contributed by atoms with Crippen LogP contribution in [0.3, 0.4) is 0 Å². The molecule has 0 aliphatic carbocycles. The topological polar surface area (TPSA) is 125 Å². The molecule has 0 atom stereocenters. The molecule has 8 heteroatoms. The van der Waals surface area contributed by atoms with Crippen LogP contribution in [0, 0.1) is 0 Å². The number of carbonyl (C=O) groups is 1. The van der Waals surface area contributed by atoms with Crippen LogP contribution in [0.1, 0.15) is 16.1 Å². The van der Waals surface area contributed by atoms with Crippen molar-refractivity contribution in [1.29, 1.82) is 0 Å². The number of furan rings is 1. The Bertz CT molecular complexity index is 704. The highest BCUT2D eigenvalue weighted by molar-refractivity contribution is 5.89. The van der Waals surface area contributed by atoms with Gasteiger partial charge in [0.1, 0.15) is 0 Å². The Labute approximate surface area is 126 Å². The van der Waals surface area contributed by atoms with E-state index in [0.29, 0.717) is 11.3 Å². The van der Waals surface area contributed by atoms with Gasteiger partial charge in [0, 0.05) is 0 Å². The lowest BCUT2D eigenvalue weighted by molar-refractivity contribution is 0.0696. The van der Waals surface area contributed by atoms with Crippen molar-refractivity contribution < 1.29 is 18.7 Å². The van der Waals surface area contributed by atoms with Gasteiger partial charge in [-0.3, -0.25) is 0 Å². The number of esters is 1. The highest BCUT2D eigenvalue weighted by Gasteiger charge is 2.14. The second-order valence-electron chi connectivity index (χ2n) is 4.05. The predicted octanol–water partition coefficient (Wildman–Crippen LogP) is 1.11. The molecule has 114 valence electrons. The van der Waals surface area contributed by atoms with Crippen molar-refractivity contribution in [3.05, 3.63) is 47.9 Å². The predicted molar refractivity (Wildman–Crippen MR) is 80.1 cm³/mol. The Morgan fingerprint density at radius 1 is 1.27 bits per heavy atom. The number of hydrogen-bond acceptors (Lipinski definition) is 6. The minimum Gasteiger partial charge on any atom is -0.493 e. The molecule has 22 heavy (non-hydrogen) atoms. The van der Waals surface area contributed by atoms with Gasteiger partial charge in [0.2, 0.25) is 11.7 Å². The molecule has 0 saturated carbocycles. The van der Waals surface area contributed by atoms with Crippen molar-refractivity contribution in [2.75, 3.05) is 7.11 Å². The summed E-state index contributed by atoms with van der Waals surface area (Å²) < 4.78 is 15.4. The third-order valence-electron chi connectivity index (χ3n) is 2.49. The fraction of sp³-hybridized carbons (Fsp3) is 0.0714. The van der Waals surface area contributed by atoms with E-state index in [1.165, 1.54) is 25.7 Å². The van der Waals surface area contributed by atoms with Gasteiger partial charge >= 0.3 is 5.97 Å². The number of guanidine groups is 1. The van der Waals surface area contributed by atoms with Gasteiger partial charge in [0.15, 0.2) is 11.5 Å². The van der Waals surface area contributed by atoms with E-state index in [-0.39, 0.29) is 17.5 Å². The van der Waals surface area contributed by atoms with Crippen LogP contribution in [-0.4, -0.2) is 25.3 Å². The van der Waals surface area contributed by atoms with Crippen LogP contribution in [0.2, 0.25) is 0 Å². The van der Waals surface area contributed by atoms with Crippen LogP contribution < -0.4 is 20.9 Å². The van der Waals surface area contributed by atoms with Crippen molar-refractivity contribution in [3.63, 3.8) is 0 Å². The minimum atomic E-state index is -0.620. The number of rotatable bonds is 5. The first-order valence-corrected chi connectivity index (χ1v) is 6.16. The molecule has 0 radical (unpaired) electrons. The molecule has 0 aliphatic rings. The summed E-state index contributed by atoms with van der Waals surface area (Å²) in [6.07, 6.45) is 2.82. The van der Waals surface area contributed by atoms with E-state index in [9.17, 15) is 4.79 Å². The van der Waals surface area contributed by atoms with Gasteiger partial charge in [-0.2, -0.15) is 5.10 Å². The molecule has 0 amide bonds. The van der Waals surface area contributed by atoms with Gasteiger partial charge in [-0.25, -0.2) is 4.79 Å². The Kier molecular flexibility index (Phi) is 4.76. The number of nitrogens with two attached hydrogens (primary N) is 2. The smallest absolute Gasteiger partial charge is 0.379 e. The van der Waals surface area contributed by atoms with Crippen LogP contribution in [0.4, 0.5) is 0 Å². The molecule has 8 nitrogen and oxygen atoms in total. The zero-order valence-electron chi connectivity index (χ0n) is 11.7. The Morgan fingerprint density at radius 2 is 2.09 bits per heavy atom. The molecular weight excluding hydrogens is 288 g/mol. The molecule has 0 fully saturated rings. The zero-order valence-corrected chi connectivity index (χ0v) is 11.7. The van der Waals surface area contributed by atoms with Gasteiger partial charge in [0.25, 0.3) is 0 Å². The molecule has 0 saturated heterocycles. The van der Waals surface area contributed by atoms with E-state index in [0.717, 1.165) is 0 Å². The van der Waals surface area contributed by atoms with Crippen molar-refractivity contribution >= 4 is 18.1 Å². The molecule has 0 aliphatic heterocycles. The van der Waals surface area contributed by atoms with Crippen molar-refractivity contribution in [2.45, 2.75) is 0 Å². The number of ether oxygens (including phenoxy) is 2. The number of nitrogens with zero attached hydrogens (tertiary/aromatic N) is 2. The largest absolute Gasteiger partial charge is 0.493 e. The van der Waals surface area contributed by atoms with Crippen LogP contribution in [0.15, 0.2) is 51.2 Å². The maximum Gasteiger partial charge on any atom is 0.379 e. The number of hydrogen-bond donors (Lipinski definition) is 2. The van der Waals surface area contributed by atoms with Crippen LogP contribution >= 0.6 is 0 Å². The Hall–Kier alpha value is -3.29. The lowest BCUT2D eigenvalue weighted by Gasteiger charge is -2.08. The fourth-order valence-corrected chi connectivity index (χ4v) is 1.56. The highest BCUT2D eigenvalue weighted by atomic mass is 16.6. The van der Waals surface area contributed by atoms with E-state index in [1.807, 2.05) is 0 Å². The van der Waals surface area contributed by atoms with E-state index < -0.39 is 5.97 Å². The average Bonchev–Trinajstić information content (AvgIpc) is 3.02. The second kappa shape index (κ2) is 6.93. The lowest BCUT2D eigenvalue weighted by Crippen LogP contribution is -2.21. The van der Waals surface area contributed by atoms with Crippen LogP contribution in [-0.2, 0) is 0 Å². The summed E-state index contributed by atoms with van der Waals surface area (Å²) in [5.41, 5.74) is 11.0. The summed E-state index contributed by atoms with van der Waals surface area (Å²) >= 11 is 0. The Morgan fingerprint density at radius 3 is 2.73 bits per heavy atom. The van der Waals surface area contributed by atoms with E-state index >= 15 is 0 Å². The summed E-state index contributed by atoms with van der Waals surface area (Å²) in [5.74, 6) is -0.0608. The van der Waals surface area contributed by atoms with Gasteiger partial charge in [-0.1, -0.05) is 0 Å².